The molecule has 138 valence electrons. The third-order valence-electron chi connectivity index (χ3n) is 4.06. The number of hydrogen-bond acceptors (Lipinski definition) is 1. The summed E-state index contributed by atoms with van der Waals surface area (Å²) in [4.78, 5) is 12.1. The van der Waals surface area contributed by atoms with Crippen LogP contribution in [0.3, 0.4) is 0 Å². The molecule has 1 aromatic carbocycles. The van der Waals surface area contributed by atoms with Gasteiger partial charge in [0.1, 0.15) is 0 Å². The average Bonchev–Trinajstić information content (AvgIpc) is 3.33. The number of carbonyl (C=O) groups excluding carboxylic acids is 1. The molecule has 0 spiro atoms. The predicted molar refractivity (Wildman–Crippen MR) is 79.3 cm³/mol. The summed E-state index contributed by atoms with van der Waals surface area (Å²) in [5.74, 6) is -0.524. The number of nitrogens with one attached hydrogen (secondary N) is 1. The van der Waals surface area contributed by atoms with Gasteiger partial charge in [-0.05, 0) is 48.9 Å². The van der Waals surface area contributed by atoms with E-state index in [1.54, 1.807) is 6.08 Å². The van der Waals surface area contributed by atoms with Crippen LogP contribution >= 0.6 is 0 Å². The number of halogens is 6. The molecule has 25 heavy (non-hydrogen) atoms. The van der Waals surface area contributed by atoms with E-state index in [-0.39, 0.29) is 29.4 Å². The van der Waals surface area contributed by atoms with Gasteiger partial charge in [-0.3, -0.25) is 4.79 Å². The standard InChI is InChI=1S/C17H17F6NO/c1-2-3-14(11-4-5-11)15(25)24-9-10-6-12(16(18,19)20)8-13(7-10)17(21,22)23/h2,6-8,11,14H,1,3-5,9H2,(H,24,25). The highest BCUT2D eigenvalue weighted by molar-refractivity contribution is 5.79. The zero-order chi connectivity index (χ0) is 18.8. The zero-order valence-electron chi connectivity index (χ0n) is 13.2. The van der Waals surface area contributed by atoms with Gasteiger partial charge >= 0.3 is 12.4 Å². The van der Waals surface area contributed by atoms with E-state index in [1.807, 2.05) is 0 Å². The second-order valence-corrected chi connectivity index (χ2v) is 6.10. The lowest BCUT2D eigenvalue weighted by Crippen LogP contribution is -2.31. The summed E-state index contributed by atoms with van der Waals surface area (Å²) in [6, 6.07) is 1.31. The maximum absolute atomic E-state index is 12.8. The predicted octanol–water partition coefficient (Wildman–Crippen LogP) is 4.94. The smallest absolute Gasteiger partial charge is 0.352 e. The molecule has 1 unspecified atom stereocenters. The topological polar surface area (TPSA) is 29.1 Å². The van der Waals surface area contributed by atoms with Crippen LogP contribution in [0.4, 0.5) is 26.3 Å². The van der Waals surface area contributed by atoms with Crippen molar-refractivity contribution >= 4 is 5.91 Å². The van der Waals surface area contributed by atoms with Crippen molar-refractivity contribution in [3.63, 3.8) is 0 Å². The van der Waals surface area contributed by atoms with Crippen LogP contribution in [-0.2, 0) is 23.7 Å². The number of amides is 1. The molecule has 1 atom stereocenters. The highest BCUT2D eigenvalue weighted by atomic mass is 19.4. The first-order chi connectivity index (χ1) is 11.5. The molecule has 0 saturated heterocycles. The van der Waals surface area contributed by atoms with E-state index in [2.05, 4.69) is 11.9 Å². The molecule has 0 aromatic heterocycles. The van der Waals surface area contributed by atoms with Crippen molar-refractivity contribution in [3.8, 4) is 0 Å². The fraction of sp³-hybridized carbons (Fsp3) is 0.471. The van der Waals surface area contributed by atoms with E-state index in [1.165, 1.54) is 0 Å². The first-order valence-electron chi connectivity index (χ1n) is 7.69. The lowest BCUT2D eigenvalue weighted by Gasteiger charge is -2.17. The monoisotopic (exact) mass is 365 g/mol. The van der Waals surface area contributed by atoms with E-state index >= 15 is 0 Å². The third-order valence-corrected chi connectivity index (χ3v) is 4.06. The molecular weight excluding hydrogens is 348 g/mol. The number of alkyl halides is 6. The van der Waals surface area contributed by atoms with Gasteiger partial charge in [-0.1, -0.05) is 6.08 Å². The Hall–Kier alpha value is -1.99. The quantitative estimate of drug-likeness (QED) is 0.561. The lowest BCUT2D eigenvalue weighted by molar-refractivity contribution is -0.143. The Morgan fingerprint density at radius 1 is 1.12 bits per heavy atom. The number of rotatable bonds is 6. The zero-order valence-corrected chi connectivity index (χ0v) is 13.2. The van der Waals surface area contributed by atoms with E-state index in [9.17, 15) is 31.1 Å². The molecule has 0 bridgehead atoms. The lowest BCUT2D eigenvalue weighted by atomic mass is 9.98. The van der Waals surface area contributed by atoms with Gasteiger partial charge in [-0.25, -0.2) is 0 Å². The van der Waals surface area contributed by atoms with Crippen LogP contribution in [-0.4, -0.2) is 5.91 Å². The van der Waals surface area contributed by atoms with Crippen LogP contribution < -0.4 is 5.32 Å². The molecule has 1 aliphatic rings. The molecule has 0 radical (unpaired) electrons. The Morgan fingerprint density at radius 2 is 1.64 bits per heavy atom. The summed E-state index contributed by atoms with van der Waals surface area (Å²) >= 11 is 0. The fourth-order valence-electron chi connectivity index (χ4n) is 2.63. The van der Waals surface area contributed by atoms with Crippen molar-refractivity contribution in [2.24, 2.45) is 11.8 Å². The highest BCUT2D eigenvalue weighted by Crippen LogP contribution is 2.39. The van der Waals surface area contributed by atoms with Gasteiger partial charge < -0.3 is 5.32 Å². The van der Waals surface area contributed by atoms with Gasteiger partial charge in [-0.15, -0.1) is 6.58 Å². The molecule has 1 saturated carbocycles. The molecule has 2 rings (SSSR count). The van der Waals surface area contributed by atoms with E-state index < -0.39 is 30.0 Å². The normalized spacial score (nSPS) is 16.4. The molecule has 2 nitrogen and oxygen atoms in total. The Kier molecular flexibility index (Phi) is 5.49. The number of benzene rings is 1. The van der Waals surface area contributed by atoms with Gasteiger partial charge in [-0.2, -0.15) is 26.3 Å². The summed E-state index contributed by atoms with van der Waals surface area (Å²) in [6.45, 7) is 3.16. The molecule has 8 heteroatoms. The van der Waals surface area contributed by atoms with Crippen molar-refractivity contribution in [2.75, 3.05) is 0 Å². The van der Waals surface area contributed by atoms with Crippen molar-refractivity contribution in [1.82, 2.24) is 5.32 Å². The van der Waals surface area contributed by atoms with Crippen molar-refractivity contribution in [2.45, 2.75) is 38.2 Å². The molecule has 1 N–H and O–H groups in total. The van der Waals surface area contributed by atoms with Crippen LogP contribution in [0, 0.1) is 11.8 Å². The average molecular weight is 365 g/mol. The Labute approximate surface area is 140 Å². The maximum Gasteiger partial charge on any atom is 0.416 e. The van der Waals surface area contributed by atoms with Gasteiger partial charge in [0.25, 0.3) is 0 Å². The van der Waals surface area contributed by atoms with Gasteiger partial charge in [0.05, 0.1) is 11.1 Å². The summed E-state index contributed by atoms with van der Waals surface area (Å²) in [7, 11) is 0. The van der Waals surface area contributed by atoms with Crippen LogP contribution in [0.25, 0.3) is 0 Å². The SMILES string of the molecule is C=CCC(C(=O)NCc1cc(C(F)(F)F)cc(C(F)(F)F)c1)C1CC1. The molecule has 1 fully saturated rings. The van der Waals surface area contributed by atoms with Crippen LogP contribution in [0.2, 0.25) is 0 Å². The van der Waals surface area contributed by atoms with E-state index in [4.69, 9.17) is 0 Å². The van der Waals surface area contributed by atoms with Gasteiger partial charge in [0.15, 0.2) is 0 Å². The number of carbonyl (C=O) groups is 1. The molecular formula is C17H17F6NO. The Balaban J connectivity index is 2.17. The summed E-state index contributed by atoms with van der Waals surface area (Å²) < 4.78 is 76.9. The van der Waals surface area contributed by atoms with Gasteiger partial charge in [0, 0.05) is 12.5 Å². The first-order valence-corrected chi connectivity index (χ1v) is 7.69. The molecule has 0 aliphatic heterocycles. The van der Waals surface area contributed by atoms with Crippen LogP contribution in [0.15, 0.2) is 30.9 Å². The van der Waals surface area contributed by atoms with Crippen molar-refractivity contribution in [3.05, 3.63) is 47.5 Å². The van der Waals surface area contributed by atoms with E-state index in [0.717, 1.165) is 12.8 Å². The van der Waals surface area contributed by atoms with Crippen molar-refractivity contribution in [1.29, 1.82) is 0 Å². The highest BCUT2D eigenvalue weighted by Gasteiger charge is 2.37. The number of hydrogen-bond donors (Lipinski definition) is 1. The molecule has 0 heterocycles. The minimum absolute atomic E-state index is 0.0655. The Morgan fingerprint density at radius 3 is 2.04 bits per heavy atom. The minimum Gasteiger partial charge on any atom is -0.352 e. The third kappa shape index (κ3) is 5.24. The summed E-state index contributed by atoms with van der Waals surface area (Å²) in [6.07, 6.45) is -6.04. The second-order valence-electron chi connectivity index (χ2n) is 6.10. The second kappa shape index (κ2) is 7.09. The first kappa shape index (κ1) is 19.3. The largest absolute Gasteiger partial charge is 0.416 e. The minimum atomic E-state index is -4.90. The molecule has 1 amide bonds. The summed E-state index contributed by atoms with van der Waals surface area (Å²) in [5, 5.41) is 2.44. The maximum atomic E-state index is 12.8. The molecule has 1 aliphatic carbocycles. The fourth-order valence-corrected chi connectivity index (χ4v) is 2.63. The Bertz CT molecular complexity index is 613. The van der Waals surface area contributed by atoms with E-state index in [0.29, 0.717) is 18.6 Å². The van der Waals surface area contributed by atoms with Crippen LogP contribution in [0.5, 0.6) is 0 Å². The summed E-state index contributed by atoms with van der Waals surface area (Å²) in [5.41, 5.74) is -3.03. The van der Waals surface area contributed by atoms with Crippen molar-refractivity contribution < 1.29 is 31.1 Å². The van der Waals surface area contributed by atoms with Gasteiger partial charge in [0.2, 0.25) is 5.91 Å². The number of allylic oxidation sites excluding steroid dienone is 1. The molecule has 1 aromatic rings. The van der Waals surface area contributed by atoms with Crippen LogP contribution in [0.1, 0.15) is 36.0 Å².